The van der Waals surface area contributed by atoms with E-state index in [1.54, 1.807) is 12.1 Å². The fourth-order valence-corrected chi connectivity index (χ4v) is 3.10. The van der Waals surface area contributed by atoms with Crippen molar-refractivity contribution in [1.82, 2.24) is 0 Å². The highest BCUT2D eigenvalue weighted by Gasteiger charge is 2.18. The molecule has 0 amide bonds. The largest absolute Gasteiger partial charge is 0.379 e. The number of Topliss-reactive ketones (excluding diaryl/α,β-unsaturated/α-hetero) is 1. The quantitative estimate of drug-likeness (QED) is 0.611. The van der Waals surface area contributed by atoms with Gasteiger partial charge in [0, 0.05) is 5.56 Å². The Morgan fingerprint density at radius 3 is 2.17 bits per heavy atom. The number of hydrogen-bond donors (Lipinski definition) is 0. The van der Waals surface area contributed by atoms with Gasteiger partial charge in [-0.3, -0.25) is 4.79 Å². The molecule has 23 heavy (non-hydrogen) atoms. The second kappa shape index (κ2) is 6.54. The summed E-state index contributed by atoms with van der Waals surface area (Å²) >= 11 is 0. The van der Waals surface area contributed by atoms with Gasteiger partial charge in [0.25, 0.3) is 0 Å². The van der Waals surface area contributed by atoms with E-state index in [9.17, 15) is 13.2 Å². The van der Waals surface area contributed by atoms with Crippen molar-refractivity contribution in [2.45, 2.75) is 38.5 Å². The van der Waals surface area contributed by atoms with Gasteiger partial charge in [0.05, 0.1) is 0 Å². The van der Waals surface area contributed by atoms with Gasteiger partial charge >= 0.3 is 10.1 Å². The molecule has 0 unspecified atom stereocenters. The van der Waals surface area contributed by atoms with Gasteiger partial charge in [-0.2, -0.15) is 8.42 Å². The number of carbonyl (C=O) groups excluding carboxylic acids is 1. The van der Waals surface area contributed by atoms with Crippen LogP contribution in [0, 0.1) is 6.92 Å². The van der Waals surface area contributed by atoms with Gasteiger partial charge < -0.3 is 4.18 Å². The molecule has 0 N–H and O–H groups in total. The summed E-state index contributed by atoms with van der Waals surface area (Å²) in [6.07, 6.45) is 0. The van der Waals surface area contributed by atoms with Gasteiger partial charge in [-0.25, -0.2) is 0 Å². The third kappa shape index (κ3) is 4.20. The monoisotopic (exact) mass is 332 g/mol. The fraction of sp³-hybridized carbons (Fsp3) is 0.278. The highest BCUT2D eigenvalue weighted by atomic mass is 32.2. The lowest BCUT2D eigenvalue weighted by molar-refractivity contribution is 0.101. The second-order valence-corrected chi connectivity index (χ2v) is 7.40. The summed E-state index contributed by atoms with van der Waals surface area (Å²) in [6, 6.07) is 11.2. The van der Waals surface area contributed by atoms with Crippen molar-refractivity contribution < 1.29 is 17.4 Å². The lowest BCUT2D eigenvalue weighted by Gasteiger charge is -2.12. The topological polar surface area (TPSA) is 60.4 Å². The lowest BCUT2D eigenvalue weighted by Crippen LogP contribution is -2.10. The van der Waals surface area contributed by atoms with Crippen LogP contribution in [0.5, 0.6) is 5.75 Å². The average molecular weight is 332 g/mol. The molecule has 2 aromatic carbocycles. The average Bonchev–Trinajstić information content (AvgIpc) is 2.46. The first-order chi connectivity index (χ1) is 10.7. The minimum atomic E-state index is -3.93. The van der Waals surface area contributed by atoms with Crippen molar-refractivity contribution in [2.24, 2.45) is 0 Å². The highest BCUT2D eigenvalue weighted by Crippen LogP contribution is 2.25. The van der Waals surface area contributed by atoms with Crippen LogP contribution in [0.1, 0.15) is 48.2 Å². The van der Waals surface area contributed by atoms with Crippen molar-refractivity contribution in [2.75, 3.05) is 0 Å². The Balaban J connectivity index is 2.32. The molecule has 5 heteroatoms. The first kappa shape index (κ1) is 17.2. The molecule has 0 bridgehead atoms. The maximum absolute atomic E-state index is 12.4. The fourth-order valence-electron chi connectivity index (χ4n) is 2.19. The molecule has 0 aliphatic carbocycles. The first-order valence-corrected chi connectivity index (χ1v) is 8.77. The molecular weight excluding hydrogens is 312 g/mol. The maximum atomic E-state index is 12.4. The molecule has 0 atom stereocenters. The van der Waals surface area contributed by atoms with E-state index >= 15 is 0 Å². The van der Waals surface area contributed by atoms with Crippen LogP contribution in [0.2, 0.25) is 0 Å². The molecule has 2 aromatic rings. The molecule has 0 radical (unpaired) electrons. The number of carbonyl (C=O) groups is 1. The van der Waals surface area contributed by atoms with Crippen molar-refractivity contribution >= 4 is 15.9 Å². The Kier molecular flexibility index (Phi) is 4.90. The van der Waals surface area contributed by atoms with Crippen LogP contribution in [-0.4, -0.2) is 14.2 Å². The zero-order chi connectivity index (χ0) is 17.2. The highest BCUT2D eigenvalue weighted by molar-refractivity contribution is 7.87. The predicted molar refractivity (Wildman–Crippen MR) is 89.5 cm³/mol. The third-order valence-electron chi connectivity index (χ3n) is 3.50. The molecule has 2 rings (SSSR count). The van der Waals surface area contributed by atoms with E-state index < -0.39 is 10.1 Å². The van der Waals surface area contributed by atoms with Crippen LogP contribution in [0.25, 0.3) is 0 Å². The van der Waals surface area contributed by atoms with E-state index in [-0.39, 0.29) is 16.6 Å². The van der Waals surface area contributed by atoms with Gasteiger partial charge in [0.15, 0.2) is 5.78 Å². The van der Waals surface area contributed by atoms with E-state index in [4.69, 9.17) is 4.18 Å². The molecule has 0 saturated carbocycles. The van der Waals surface area contributed by atoms with Crippen LogP contribution in [0.15, 0.2) is 47.4 Å². The van der Waals surface area contributed by atoms with Crippen molar-refractivity contribution in [3.05, 3.63) is 59.2 Å². The summed E-state index contributed by atoms with van der Waals surface area (Å²) in [4.78, 5) is 11.3. The summed E-state index contributed by atoms with van der Waals surface area (Å²) in [5.74, 6) is 0.453. The molecular formula is C18H20O4S. The molecule has 0 heterocycles. The van der Waals surface area contributed by atoms with Crippen LogP contribution in [0.4, 0.5) is 0 Å². The summed E-state index contributed by atoms with van der Waals surface area (Å²) in [7, 11) is -3.93. The van der Waals surface area contributed by atoms with E-state index in [0.717, 1.165) is 11.1 Å². The summed E-state index contributed by atoms with van der Waals surface area (Å²) in [6.45, 7) is 7.40. The molecule has 0 saturated heterocycles. The first-order valence-electron chi connectivity index (χ1n) is 7.36. The zero-order valence-electron chi connectivity index (χ0n) is 13.7. The normalized spacial score (nSPS) is 11.5. The van der Waals surface area contributed by atoms with E-state index in [1.807, 2.05) is 26.8 Å². The number of benzene rings is 2. The van der Waals surface area contributed by atoms with E-state index in [2.05, 4.69) is 0 Å². The van der Waals surface area contributed by atoms with Crippen LogP contribution in [-0.2, 0) is 10.1 Å². The van der Waals surface area contributed by atoms with E-state index in [0.29, 0.717) is 11.3 Å². The van der Waals surface area contributed by atoms with Gasteiger partial charge in [0.1, 0.15) is 10.6 Å². The maximum Gasteiger partial charge on any atom is 0.339 e. The van der Waals surface area contributed by atoms with Crippen molar-refractivity contribution in [1.29, 1.82) is 0 Å². The molecule has 0 spiro atoms. The Morgan fingerprint density at radius 2 is 1.65 bits per heavy atom. The second-order valence-electron chi connectivity index (χ2n) is 5.85. The molecule has 0 fully saturated rings. The third-order valence-corrected chi connectivity index (χ3v) is 4.76. The van der Waals surface area contributed by atoms with Gasteiger partial charge in [-0.05, 0) is 55.2 Å². The standard InChI is InChI=1S/C18H20O4S/c1-12(2)16-9-13(3)10-17(11-16)22-23(20,21)18-7-5-15(6-8-18)14(4)19/h5-12H,1-4H3. The molecule has 0 aromatic heterocycles. The number of hydrogen-bond acceptors (Lipinski definition) is 4. The van der Waals surface area contributed by atoms with Gasteiger partial charge in [0.2, 0.25) is 0 Å². The number of aryl methyl sites for hydroxylation is 1. The lowest BCUT2D eigenvalue weighted by atomic mass is 10.0. The Labute approximate surface area is 137 Å². The van der Waals surface area contributed by atoms with Crippen LogP contribution >= 0.6 is 0 Å². The zero-order valence-corrected chi connectivity index (χ0v) is 14.5. The van der Waals surface area contributed by atoms with Gasteiger partial charge in [-0.15, -0.1) is 0 Å². The number of ketones is 1. The van der Waals surface area contributed by atoms with Crippen molar-refractivity contribution in [3.8, 4) is 5.75 Å². The molecule has 0 aliphatic heterocycles. The van der Waals surface area contributed by atoms with Gasteiger partial charge in [-0.1, -0.05) is 32.0 Å². The molecule has 0 aliphatic rings. The number of rotatable bonds is 5. The van der Waals surface area contributed by atoms with Crippen LogP contribution in [0.3, 0.4) is 0 Å². The summed E-state index contributed by atoms with van der Waals surface area (Å²) < 4.78 is 30.0. The minimum absolute atomic E-state index is 0.0232. The molecule has 122 valence electrons. The SMILES string of the molecule is CC(=O)c1ccc(S(=O)(=O)Oc2cc(C)cc(C(C)C)c2)cc1. The van der Waals surface area contributed by atoms with E-state index in [1.165, 1.54) is 31.2 Å². The summed E-state index contributed by atoms with van der Waals surface area (Å²) in [5.41, 5.74) is 2.41. The minimum Gasteiger partial charge on any atom is -0.379 e. The Bertz CT molecular complexity index is 819. The van der Waals surface area contributed by atoms with Crippen molar-refractivity contribution in [3.63, 3.8) is 0 Å². The summed E-state index contributed by atoms with van der Waals surface area (Å²) in [5, 5.41) is 0. The molecule has 4 nitrogen and oxygen atoms in total. The Morgan fingerprint density at radius 1 is 1.04 bits per heavy atom. The smallest absolute Gasteiger partial charge is 0.339 e. The Hall–Kier alpha value is -2.14. The van der Waals surface area contributed by atoms with Crippen LogP contribution < -0.4 is 4.18 Å². The predicted octanol–water partition coefficient (Wildman–Crippen LogP) is 4.09.